The maximum absolute atomic E-state index is 6.07. The molecule has 21 heavy (non-hydrogen) atoms. The average Bonchev–Trinajstić information content (AvgIpc) is 2.52. The Morgan fingerprint density at radius 2 is 1.86 bits per heavy atom. The summed E-state index contributed by atoms with van der Waals surface area (Å²) in [5.74, 6) is 1.45. The first-order valence-electron chi connectivity index (χ1n) is 6.74. The van der Waals surface area contributed by atoms with Crippen LogP contribution >= 0.6 is 11.6 Å². The van der Waals surface area contributed by atoms with Crippen LogP contribution in [0.25, 0.3) is 22.3 Å². The molecule has 1 aromatic heterocycles. The predicted octanol–water partition coefficient (Wildman–Crippen LogP) is 3.32. The van der Waals surface area contributed by atoms with E-state index in [1.54, 1.807) is 0 Å². The standard InChI is InChI=1S/C16H15ClN4/c17-12-6-7-13-14(10-12)20-15(11-4-2-1-3-5-11)21-16(13)19-9-8-18/h1-7,10H,8-9,18H2,(H,19,20,21). The van der Waals surface area contributed by atoms with E-state index in [2.05, 4.69) is 15.3 Å². The molecule has 5 heteroatoms. The molecule has 0 amide bonds. The molecule has 0 saturated carbocycles. The van der Waals surface area contributed by atoms with E-state index in [9.17, 15) is 0 Å². The maximum Gasteiger partial charge on any atom is 0.162 e. The zero-order valence-electron chi connectivity index (χ0n) is 11.4. The molecule has 0 spiro atoms. The Bertz CT molecular complexity index is 759. The molecule has 0 atom stereocenters. The molecule has 0 fully saturated rings. The Morgan fingerprint density at radius 3 is 2.62 bits per heavy atom. The summed E-state index contributed by atoms with van der Waals surface area (Å²) in [5, 5.41) is 4.84. The van der Waals surface area contributed by atoms with E-state index >= 15 is 0 Å². The second kappa shape index (κ2) is 6.08. The summed E-state index contributed by atoms with van der Waals surface area (Å²) in [6.07, 6.45) is 0. The zero-order chi connectivity index (χ0) is 14.7. The lowest BCUT2D eigenvalue weighted by Gasteiger charge is -2.10. The van der Waals surface area contributed by atoms with Crippen molar-refractivity contribution in [1.82, 2.24) is 9.97 Å². The summed E-state index contributed by atoms with van der Waals surface area (Å²) in [6.45, 7) is 1.20. The van der Waals surface area contributed by atoms with Gasteiger partial charge < -0.3 is 11.1 Å². The van der Waals surface area contributed by atoms with Crippen molar-refractivity contribution in [1.29, 1.82) is 0 Å². The molecule has 0 aliphatic carbocycles. The fraction of sp³-hybridized carbons (Fsp3) is 0.125. The molecule has 3 N–H and O–H groups in total. The number of nitrogens with two attached hydrogens (primary N) is 1. The number of nitrogens with one attached hydrogen (secondary N) is 1. The van der Waals surface area contributed by atoms with Gasteiger partial charge in [-0.1, -0.05) is 41.9 Å². The number of halogens is 1. The van der Waals surface area contributed by atoms with Crippen molar-refractivity contribution < 1.29 is 0 Å². The first-order valence-corrected chi connectivity index (χ1v) is 7.12. The fourth-order valence-corrected chi connectivity index (χ4v) is 2.31. The number of anilines is 1. The Morgan fingerprint density at radius 1 is 1.05 bits per heavy atom. The molecule has 106 valence electrons. The maximum atomic E-state index is 6.07. The molecule has 0 aliphatic rings. The quantitative estimate of drug-likeness (QED) is 0.775. The highest BCUT2D eigenvalue weighted by molar-refractivity contribution is 6.31. The number of benzene rings is 2. The molecule has 3 rings (SSSR count). The predicted molar refractivity (Wildman–Crippen MR) is 87.5 cm³/mol. The zero-order valence-corrected chi connectivity index (χ0v) is 12.1. The fourth-order valence-electron chi connectivity index (χ4n) is 2.14. The van der Waals surface area contributed by atoms with Gasteiger partial charge in [-0.05, 0) is 18.2 Å². The molecule has 0 unspecified atom stereocenters. The second-order valence-corrected chi connectivity index (χ2v) is 5.08. The second-order valence-electron chi connectivity index (χ2n) is 4.64. The Labute approximate surface area is 128 Å². The SMILES string of the molecule is NCCNc1nc(-c2ccccc2)nc2cc(Cl)ccc12. The number of aromatic nitrogens is 2. The third-order valence-electron chi connectivity index (χ3n) is 3.13. The Hall–Kier alpha value is -2.17. The van der Waals surface area contributed by atoms with Crippen LogP contribution in [0.1, 0.15) is 0 Å². The molecule has 0 radical (unpaired) electrons. The van der Waals surface area contributed by atoms with Crippen LogP contribution in [0.3, 0.4) is 0 Å². The van der Waals surface area contributed by atoms with Crippen molar-refractivity contribution >= 4 is 28.3 Å². The van der Waals surface area contributed by atoms with Crippen molar-refractivity contribution in [2.24, 2.45) is 5.73 Å². The number of rotatable bonds is 4. The first-order chi connectivity index (χ1) is 10.3. The van der Waals surface area contributed by atoms with Gasteiger partial charge in [-0.3, -0.25) is 0 Å². The topological polar surface area (TPSA) is 63.8 Å². The molecule has 1 heterocycles. The van der Waals surface area contributed by atoms with Crippen LogP contribution in [0, 0.1) is 0 Å². The monoisotopic (exact) mass is 298 g/mol. The molecule has 0 bridgehead atoms. The van der Waals surface area contributed by atoms with E-state index in [1.165, 1.54) is 0 Å². The summed E-state index contributed by atoms with van der Waals surface area (Å²) < 4.78 is 0. The van der Waals surface area contributed by atoms with E-state index in [-0.39, 0.29) is 0 Å². The van der Waals surface area contributed by atoms with Crippen molar-refractivity contribution in [2.45, 2.75) is 0 Å². The van der Waals surface area contributed by atoms with Crippen molar-refractivity contribution in [3.63, 3.8) is 0 Å². The van der Waals surface area contributed by atoms with Gasteiger partial charge in [-0.15, -0.1) is 0 Å². The molecule has 4 nitrogen and oxygen atoms in total. The molecular formula is C16H15ClN4. The number of hydrogen-bond acceptors (Lipinski definition) is 4. The summed E-state index contributed by atoms with van der Waals surface area (Å²) in [5.41, 5.74) is 7.35. The van der Waals surface area contributed by atoms with Gasteiger partial charge in [0.15, 0.2) is 5.82 Å². The van der Waals surface area contributed by atoms with Crippen LogP contribution in [0.2, 0.25) is 5.02 Å². The summed E-state index contributed by atoms with van der Waals surface area (Å²) in [6, 6.07) is 15.5. The number of nitrogens with zero attached hydrogens (tertiary/aromatic N) is 2. The lowest BCUT2D eigenvalue weighted by Crippen LogP contribution is -2.14. The smallest absolute Gasteiger partial charge is 0.162 e. The Kier molecular flexibility index (Phi) is 3.99. The largest absolute Gasteiger partial charge is 0.368 e. The normalized spacial score (nSPS) is 10.8. The summed E-state index contributed by atoms with van der Waals surface area (Å²) in [4.78, 5) is 9.23. The van der Waals surface area contributed by atoms with Gasteiger partial charge in [0.1, 0.15) is 5.82 Å². The van der Waals surface area contributed by atoms with E-state index < -0.39 is 0 Å². The highest BCUT2D eigenvalue weighted by atomic mass is 35.5. The first kappa shape index (κ1) is 13.8. The van der Waals surface area contributed by atoms with Gasteiger partial charge in [0.2, 0.25) is 0 Å². The van der Waals surface area contributed by atoms with Gasteiger partial charge in [-0.2, -0.15) is 0 Å². The lowest BCUT2D eigenvalue weighted by atomic mass is 10.2. The molecule has 0 aliphatic heterocycles. The van der Waals surface area contributed by atoms with Crippen molar-refractivity contribution in [2.75, 3.05) is 18.4 Å². The van der Waals surface area contributed by atoms with Gasteiger partial charge >= 0.3 is 0 Å². The van der Waals surface area contributed by atoms with Gasteiger partial charge in [0.25, 0.3) is 0 Å². The van der Waals surface area contributed by atoms with Crippen LogP contribution in [0.15, 0.2) is 48.5 Å². The van der Waals surface area contributed by atoms with Crippen LogP contribution < -0.4 is 11.1 Å². The van der Waals surface area contributed by atoms with Crippen LogP contribution in [-0.2, 0) is 0 Å². The Balaban J connectivity index is 2.17. The van der Waals surface area contributed by atoms with E-state index in [4.69, 9.17) is 17.3 Å². The summed E-state index contributed by atoms with van der Waals surface area (Å²) in [7, 11) is 0. The minimum Gasteiger partial charge on any atom is -0.368 e. The van der Waals surface area contributed by atoms with Gasteiger partial charge in [-0.25, -0.2) is 9.97 Å². The third-order valence-corrected chi connectivity index (χ3v) is 3.36. The number of hydrogen-bond donors (Lipinski definition) is 2. The number of fused-ring (bicyclic) bond motifs is 1. The third kappa shape index (κ3) is 2.96. The van der Waals surface area contributed by atoms with E-state index in [0.29, 0.717) is 23.9 Å². The lowest BCUT2D eigenvalue weighted by molar-refractivity contribution is 1.01. The minimum atomic E-state index is 0.541. The van der Waals surface area contributed by atoms with Crippen molar-refractivity contribution in [3.05, 3.63) is 53.6 Å². The van der Waals surface area contributed by atoms with Crippen LogP contribution in [0.4, 0.5) is 5.82 Å². The summed E-state index contributed by atoms with van der Waals surface area (Å²) >= 11 is 6.07. The minimum absolute atomic E-state index is 0.541. The van der Waals surface area contributed by atoms with E-state index in [1.807, 2.05) is 48.5 Å². The molecule has 0 saturated heterocycles. The molecule has 3 aromatic rings. The molecule has 2 aromatic carbocycles. The van der Waals surface area contributed by atoms with Crippen LogP contribution in [0.5, 0.6) is 0 Å². The highest BCUT2D eigenvalue weighted by Gasteiger charge is 2.09. The van der Waals surface area contributed by atoms with E-state index in [0.717, 1.165) is 22.3 Å². The van der Waals surface area contributed by atoms with Gasteiger partial charge in [0.05, 0.1) is 5.52 Å². The van der Waals surface area contributed by atoms with Crippen molar-refractivity contribution in [3.8, 4) is 11.4 Å². The molecular weight excluding hydrogens is 284 g/mol. The van der Waals surface area contributed by atoms with Crippen LogP contribution in [-0.4, -0.2) is 23.1 Å². The average molecular weight is 299 g/mol. The highest BCUT2D eigenvalue weighted by Crippen LogP contribution is 2.26. The van der Waals surface area contributed by atoms with Gasteiger partial charge in [0, 0.05) is 29.1 Å².